The van der Waals surface area contributed by atoms with Crippen molar-refractivity contribution in [3.63, 3.8) is 0 Å². The molecule has 0 aliphatic heterocycles. The number of amides is 1. The number of hydrogen-bond acceptors (Lipinski definition) is 4. The van der Waals surface area contributed by atoms with Crippen molar-refractivity contribution in [1.29, 1.82) is 5.26 Å². The highest BCUT2D eigenvalue weighted by Gasteiger charge is 2.11. The van der Waals surface area contributed by atoms with Crippen molar-refractivity contribution in [3.8, 4) is 17.6 Å². The molecule has 0 fully saturated rings. The summed E-state index contributed by atoms with van der Waals surface area (Å²) in [5.41, 5.74) is 2.78. The van der Waals surface area contributed by atoms with Crippen LogP contribution in [0.15, 0.2) is 84.9 Å². The summed E-state index contributed by atoms with van der Waals surface area (Å²) in [6.07, 6.45) is 1.82. The third-order valence-electron chi connectivity index (χ3n) is 5.25. The second-order valence-corrected chi connectivity index (χ2v) is 8.12. The molecule has 5 nitrogen and oxygen atoms in total. The van der Waals surface area contributed by atoms with Gasteiger partial charge in [0.2, 0.25) is 0 Å². The first-order valence-corrected chi connectivity index (χ1v) is 11.5. The maximum atomic E-state index is 12.3. The number of allylic oxidation sites excluding steroid dienone is 1. The predicted octanol–water partition coefficient (Wildman–Crippen LogP) is 6.97. The molecule has 0 unspecified atom stereocenters. The fourth-order valence-electron chi connectivity index (χ4n) is 3.71. The number of rotatable bonds is 8. The summed E-state index contributed by atoms with van der Waals surface area (Å²) in [6, 6.07) is 28.5. The van der Waals surface area contributed by atoms with Crippen molar-refractivity contribution in [3.05, 3.63) is 101 Å². The van der Waals surface area contributed by atoms with Crippen LogP contribution in [0.3, 0.4) is 0 Å². The third-order valence-corrected chi connectivity index (χ3v) is 5.48. The number of carbonyl (C=O) groups is 1. The fraction of sp³-hybridized carbons (Fsp3) is 0.103. The Morgan fingerprint density at radius 3 is 2.57 bits per heavy atom. The van der Waals surface area contributed by atoms with E-state index in [2.05, 4.69) is 11.4 Å². The Kier molecular flexibility index (Phi) is 7.67. The second-order valence-electron chi connectivity index (χ2n) is 7.68. The fourth-order valence-corrected chi connectivity index (χ4v) is 3.90. The van der Waals surface area contributed by atoms with E-state index in [0.29, 0.717) is 34.4 Å². The molecule has 0 heterocycles. The molecule has 174 valence electrons. The summed E-state index contributed by atoms with van der Waals surface area (Å²) in [4.78, 5) is 12.3. The normalized spacial score (nSPS) is 11.1. The lowest BCUT2D eigenvalue weighted by Crippen LogP contribution is -2.20. The van der Waals surface area contributed by atoms with Crippen LogP contribution in [-0.4, -0.2) is 19.1 Å². The largest absolute Gasteiger partial charge is 0.490 e. The SMILES string of the molecule is CCOc1cc(/C=C(/C#N)c2cccc3ccccc23)ccc1OCC(=O)Nc1cccc(Cl)c1. The van der Waals surface area contributed by atoms with Gasteiger partial charge in [-0.3, -0.25) is 4.79 Å². The minimum absolute atomic E-state index is 0.193. The number of fused-ring (bicyclic) bond motifs is 1. The molecule has 0 saturated heterocycles. The van der Waals surface area contributed by atoms with E-state index >= 15 is 0 Å². The number of halogens is 1. The van der Waals surface area contributed by atoms with Crippen LogP contribution >= 0.6 is 11.6 Å². The zero-order chi connectivity index (χ0) is 24.6. The quantitative estimate of drug-likeness (QED) is 0.217. The first kappa shape index (κ1) is 23.9. The minimum atomic E-state index is -0.318. The second kappa shape index (κ2) is 11.2. The minimum Gasteiger partial charge on any atom is -0.490 e. The molecule has 0 atom stereocenters. The molecule has 35 heavy (non-hydrogen) atoms. The highest BCUT2D eigenvalue weighted by Crippen LogP contribution is 2.32. The average molecular weight is 483 g/mol. The Hall–Kier alpha value is -4.27. The maximum absolute atomic E-state index is 12.3. The molecule has 0 aliphatic carbocycles. The van der Waals surface area contributed by atoms with Crippen molar-refractivity contribution >= 4 is 45.6 Å². The summed E-state index contributed by atoms with van der Waals surface area (Å²) in [5.74, 6) is 0.613. The van der Waals surface area contributed by atoms with Gasteiger partial charge in [-0.2, -0.15) is 5.26 Å². The Morgan fingerprint density at radius 2 is 1.77 bits per heavy atom. The summed E-state index contributed by atoms with van der Waals surface area (Å²) in [7, 11) is 0. The van der Waals surface area contributed by atoms with E-state index in [1.165, 1.54) is 0 Å². The summed E-state index contributed by atoms with van der Waals surface area (Å²) < 4.78 is 11.5. The number of nitriles is 1. The summed E-state index contributed by atoms with van der Waals surface area (Å²) >= 11 is 5.96. The number of nitrogens with zero attached hydrogens (tertiary/aromatic N) is 1. The molecule has 0 saturated carbocycles. The van der Waals surface area contributed by atoms with Gasteiger partial charge in [0.25, 0.3) is 5.91 Å². The third kappa shape index (κ3) is 6.00. The zero-order valence-corrected chi connectivity index (χ0v) is 19.9. The van der Waals surface area contributed by atoms with Crippen LogP contribution in [0.4, 0.5) is 5.69 Å². The Morgan fingerprint density at radius 1 is 0.971 bits per heavy atom. The lowest BCUT2D eigenvalue weighted by atomic mass is 9.97. The van der Waals surface area contributed by atoms with E-state index in [9.17, 15) is 10.1 Å². The van der Waals surface area contributed by atoms with Gasteiger partial charge in [-0.1, -0.05) is 66.2 Å². The van der Waals surface area contributed by atoms with Crippen LogP contribution in [0.5, 0.6) is 11.5 Å². The van der Waals surface area contributed by atoms with Gasteiger partial charge < -0.3 is 14.8 Å². The van der Waals surface area contributed by atoms with E-state index in [1.807, 2.05) is 61.5 Å². The summed E-state index contributed by atoms with van der Waals surface area (Å²) in [6.45, 7) is 2.10. The van der Waals surface area contributed by atoms with E-state index in [-0.39, 0.29) is 12.5 Å². The van der Waals surface area contributed by atoms with Gasteiger partial charge in [-0.05, 0) is 59.7 Å². The number of benzene rings is 4. The standard InChI is InChI=1S/C29H23ClN2O3/c1-2-34-28-16-20(15-22(18-31)26-12-5-8-21-7-3-4-11-25(21)26)13-14-27(28)35-19-29(33)32-24-10-6-9-23(30)17-24/h3-17H,2,19H2,1H3,(H,32,33)/b22-15-. The van der Waals surface area contributed by atoms with Crippen molar-refractivity contribution in [2.24, 2.45) is 0 Å². The Labute approximate surface area is 209 Å². The lowest BCUT2D eigenvalue weighted by molar-refractivity contribution is -0.118. The molecular formula is C29H23ClN2O3. The number of ether oxygens (including phenoxy) is 2. The molecule has 1 amide bonds. The molecule has 6 heteroatoms. The van der Waals surface area contributed by atoms with Crippen LogP contribution in [0.2, 0.25) is 5.02 Å². The highest BCUT2D eigenvalue weighted by atomic mass is 35.5. The monoisotopic (exact) mass is 482 g/mol. The molecule has 0 spiro atoms. The molecule has 0 radical (unpaired) electrons. The topological polar surface area (TPSA) is 71.3 Å². The highest BCUT2D eigenvalue weighted by molar-refractivity contribution is 6.30. The van der Waals surface area contributed by atoms with Crippen LogP contribution < -0.4 is 14.8 Å². The average Bonchev–Trinajstić information content (AvgIpc) is 2.87. The lowest BCUT2D eigenvalue weighted by Gasteiger charge is -2.13. The molecule has 4 aromatic carbocycles. The van der Waals surface area contributed by atoms with E-state index in [4.69, 9.17) is 21.1 Å². The molecule has 4 aromatic rings. The van der Waals surface area contributed by atoms with Gasteiger partial charge in [0.1, 0.15) is 0 Å². The number of carbonyl (C=O) groups excluding carboxylic acids is 1. The van der Waals surface area contributed by atoms with E-state index in [0.717, 1.165) is 21.9 Å². The summed E-state index contributed by atoms with van der Waals surface area (Å²) in [5, 5.41) is 15.2. The van der Waals surface area contributed by atoms with Crippen molar-refractivity contribution < 1.29 is 14.3 Å². The van der Waals surface area contributed by atoms with Gasteiger partial charge in [-0.25, -0.2) is 0 Å². The van der Waals surface area contributed by atoms with Gasteiger partial charge >= 0.3 is 0 Å². The predicted molar refractivity (Wildman–Crippen MR) is 141 cm³/mol. The maximum Gasteiger partial charge on any atom is 0.262 e. The number of hydrogen-bond donors (Lipinski definition) is 1. The van der Waals surface area contributed by atoms with E-state index < -0.39 is 0 Å². The van der Waals surface area contributed by atoms with Crippen LogP contribution in [-0.2, 0) is 4.79 Å². The molecule has 0 aliphatic rings. The van der Waals surface area contributed by atoms with Crippen molar-refractivity contribution in [2.45, 2.75) is 6.92 Å². The van der Waals surface area contributed by atoms with Crippen LogP contribution in [0.25, 0.3) is 22.4 Å². The van der Waals surface area contributed by atoms with Crippen molar-refractivity contribution in [2.75, 3.05) is 18.5 Å². The first-order chi connectivity index (χ1) is 17.1. The smallest absolute Gasteiger partial charge is 0.262 e. The van der Waals surface area contributed by atoms with E-state index in [1.54, 1.807) is 36.4 Å². The van der Waals surface area contributed by atoms with Gasteiger partial charge in [0, 0.05) is 16.3 Å². The van der Waals surface area contributed by atoms with Crippen LogP contribution in [0, 0.1) is 11.3 Å². The Bertz CT molecular complexity index is 1430. The number of anilines is 1. The molecular weight excluding hydrogens is 460 g/mol. The molecule has 0 bridgehead atoms. The Balaban J connectivity index is 1.55. The molecule has 1 N–H and O–H groups in total. The number of nitrogens with one attached hydrogen (secondary N) is 1. The van der Waals surface area contributed by atoms with Gasteiger partial charge in [-0.15, -0.1) is 0 Å². The van der Waals surface area contributed by atoms with Gasteiger partial charge in [0.05, 0.1) is 18.2 Å². The molecule has 0 aromatic heterocycles. The first-order valence-electron chi connectivity index (χ1n) is 11.1. The zero-order valence-electron chi connectivity index (χ0n) is 19.1. The van der Waals surface area contributed by atoms with Crippen molar-refractivity contribution in [1.82, 2.24) is 0 Å². The van der Waals surface area contributed by atoms with Gasteiger partial charge in [0.15, 0.2) is 18.1 Å². The molecule has 4 rings (SSSR count). The van der Waals surface area contributed by atoms with Crippen LogP contribution in [0.1, 0.15) is 18.1 Å².